The molecule has 0 fully saturated rings. The minimum atomic E-state index is -5.08. The zero-order chi connectivity index (χ0) is 26.8. The summed E-state index contributed by atoms with van der Waals surface area (Å²) in [7, 11) is 2.02. The fraction of sp³-hybridized carbons (Fsp3) is 0.476. The number of aliphatic hydroxyl groups is 1. The van der Waals surface area contributed by atoms with Crippen molar-refractivity contribution < 1.29 is 51.3 Å². The Morgan fingerprint density at radius 1 is 1.03 bits per heavy atom. The van der Waals surface area contributed by atoms with Gasteiger partial charge in [-0.15, -0.1) is 0 Å². The van der Waals surface area contributed by atoms with Crippen molar-refractivity contribution in [1.29, 1.82) is 0 Å². The van der Waals surface area contributed by atoms with Gasteiger partial charge in [-0.2, -0.15) is 26.3 Å². The van der Waals surface area contributed by atoms with Crippen molar-refractivity contribution in [3.63, 3.8) is 0 Å². The number of imidazole rings is 1. The van der Waals surface area contributed by atoms with Crippen LogP contribution in [0.25, 0.3) is 0 Å². The number of aryl methyl sites for hydroxylation is 1. The molecule has 1 aliphatic carbocycles. The molecule has 0 spiro atoms. The van der Waals surface area contributed by atoms with Crippen molar-refractivity contribution in [1.82, 2.24) is 14.5 Å². The largest absolute Gasteiger partial charge is 0.490 e. The molecule has 3 N–H and O–H groups in total. The third-order valence-electron chi connectivity index (χ3n) is 4.84. The van der Waals surface area contributed by atoms with E-state index in [9.17, 15) is 31.4 Å². The predicted octanol–water partition coefficient (Wildman–Crippen LogP) is 2.90. The molecule has 14 heteroatoms. The van der Waals surface area contributed by atoms with E-state index >= 15 is 0 Å². The second-order valence-corrected chi connectivity index (χ2v) is 7.56. The number of nitrogens with zero attached hydrogens (tertiary/aromatic N) is 3. The summed E-state index contributed by atoms with van der Waals surface area (Å²) in [5.74, 6) is -3.81. The molecule has 0 aliphatic heterocycles. The van der Waals surface area contributed by atoms with Gasteiger partial charge in [-0.05, 0) is 29.9 Å². The van der Waals surface area contributed by atoms with Crippen LogP contribution in [0, 0.1) is 5.92 Å². The summed E-state index contributed by atoms with van der Waals surface area (Å²) in [5, 5.41) is 23.6. The molecule has 0 bridgehead atoms. The molecule has 3 rings (SSSR count). The molecule has 0 atom stereocenters. The van der Waals surface area contributed by atoms with E-state index in [0.29, 0.717) is 12.5 Å². The molecule has 0 unspecified atom stereocenters. The number of carbonyl (C=O) groups is 2. The van der Waals surface area contributed by atoms with Gasteiger partial charge in [0.2, 0.25) is 0 Å². The number of fused-ring (bicyclic) bond motifs is 1. The smallest absolute Gasteiger partial charge is 0.475 e. The molecule has 1 aromatic carbocycles. The van der Waals surface area contributed by atoms with Crippen molar-refractivity contribution in [3.8, 4) is 0 Å². The van der Waals surface area contributed by atoms with E-state index in [2.05, 4.69) is 34.1 Å². The lowest BCUT2D eigenvalue weighted by molar-refractivity contribution is -0.193. The van der Waals surface area contributed by atoms with Crippen molar-refractivity contribution in [2.24, 2.45) is 13.0 Å². The molecule has 0 saturated heterocycles. The SMILES string of the molecule is Cn1ccnc1CN(CCO)CC1Cc2ccccc2C1.O=C(O)C(F)(F)F.O=C(O)C(F)(F)F. The van der Waals surface area contributed by atoms with Gasteiger partial charge >= 0.3 is 24.3 Å². The van der Waals surface area contributed by atoms with Crippen LogP contribution in [0.15, 0.2) is 36.7 Å². The Labute approximate surface area is 196 Å². The predicted molar refractivity (Wildman–Crippen MR) is 110 cm³/mol. The topological polar surface area (TPSA) is 116 Å². The van der Waals surface area contributed by atoms with Crippen LogP contribution in [0.5, 0.6) is 0 Å². The number of aliphatic hydroxyl groups excluding tert-OH is 1. The highest BCUT2D eigenvalue weighted by Gasteiger charge is 2.38. The van der Waals surface area contributed by atoms with Gasteiger partial charge in [0, 0.05) is 32.5 Å². The molecule has 1 heterocycles. The fourth-order valence-electron chi connectivity index (χ4n) is 3.27. The molecule has 0 amide bonds. The molecule has 0 saturated carbocycles. The molecule has 0 radical (unpaired) electrons. The van der Waals surface area contributed by atoms with Crippen LogP contribution in [-0.4, -0.2) is 73.8 Å². The third-order valence-corrected chi connectivity index (χ3v) is 4.84. The Hall–Kier alpha value is -3.13. The maximum atomic E-state index is 10.6. The zero-order valence-corrected chi connectivity index (χ0v) is 18.6. The molecule has 2 aromatic rings. The molecule has 8 nitrogen and oxygen atoms in total. The Morgan fingerprint density at radius 2 is 1.49 bits per heavy atom. The molecular formula is C21H25F6N3O5. The van der Waals surface area contributed by atoms with Gasteiger partial charge in [0.05, 0.1) is 13.2 Å². The van der Waals surface area contributed by atoms with Gasteiger partial charge < -0.3 is 19.9 Å². The van der Waals surface area contributed by atoms with Gasteiger partial charge in [-0.1, -0.05) is 24.3 Å². The van der Waals surface area contributed by atoms with E-state index in [1.54, 1.807) is 0 Å². The maximum absolute atomic E-state index is 10.6. The van der Waals surface area contributed by atoms with Gasteiger partial charge in [0.1, 0.15) is 5.82 Å². The number of aliphatic carboxylic acids is 2. The van der Waals surface area contributed by atoms with Gasteiger partial charge in [0.15, 0.2) is 0 Å². The molecular weight excluding hydrogens is 488 g/mol. The quantitative estimate of drug-likeness (QED) is 0.509. The summed E-state index contributed by atoms with van der Waals surface area (Å²) < 4.78 is 65.5. The first-order chi connectivity index (χ1) is 16.1. The second-order valence-electron chi connectivity index (χ2n) is 7.56. The first-order valence-electron chi connectivity index (χ1n) is 10.1. The highest BCUT2D eigenvalue weighted by molar-refractivity contribution is 5.73. The highest BCUT2D eigenvalue weighted by Crippen LogP contribution is 2.27. The zero-order valence-electron chi connectivity index (χ0n) is 18.6. The number of carboxylic acids is 2. The standard InChI is InChI=1S/C17H23N3O.2C2HF3O2/c1-19-7-6-18-17(19)13-20(8-9-21)12-14-10-15-4-2-3-5-16(15)11-14;2*3-2(4,5)1(6)7/h2-7,14,21H,8-13H2,1H3;2*(H,6,7). The Kier molecular flexibility index (Phi) is 11.2. The molecule has 1 aromatic heterocycles. The monoisotopic (exact) mass is 513 g/mol. The minimum Gasteiger partial charge on any atom is -0.475 e. The number of hydrogen-bond acceptors (Lipinski definition) is 5. The van der Waals surface area contributed by atoms with Crippen LogP contribution in [0.4, 0.5) is 26.3 Å². The third kappa shape index (κ3) is 10.8. The van der Waals surface area contributed by atoms with Crippen LogP contribution in [0.3, 0.4) is 0 Å². The van der Waals surface area contributed by atoms with Crippen molar-refractivity contribution in [2.45, 2.75) is 31.7 Å². The molecule has 35 heavy (non-hydrogen) atoms. The fourth-order valence-corrected chi connectivity index (χ4v) is 3.27. The van der Waals surface area contributed by atoms with Crippen molar-refractivity contribution >= 4 is 11.9 Å². The number of halogens is 6. The Morgan fingerprint density at radius 3 is 1.83 bits per heavy atom. The van der Waals surface area contributed by atoms with Gasteiger partial charge in [-0.3, -0.25) is 4.90 Å². The van der Waals surface area contributed by atoms with E-state index in [1.165, 1.54) is 11.1 Å². The summed E-state index contributed by atoms with van der Waals surface area (Å²) in [6.45, 7) is 2.73. The second kappa shape index (κ2) is 13.1. The average molecular weight is 513 g/mol. The van der Waals surface area contributed by atoms with Crippen LogP contribution < -0.4 is 0 Å². The van der Waals surface area contributed by atoms with Gasteiger partial charge in [0.25, 0.3) is 0 Å². The number of carboxylic acid groups (broad SMARTS) is 2. The van der Waals surface area contributed by atoms with Crippen LogP contribution in [0.2, 0.25) is 0 Å². The molecule has 1 aliphatic rings. The average Bonchev–Trinajstić information content (AvgIpc) is 3.33. The van der Waals surface area contributed by atoms with E-state index < -0.39 is 24.3 Å². The van der Waals surface area contributed by atoms with Crippen LogP contribution >= 0.6 is 0 Å². The lowest BCUT2D eigenvalue weighted by Crippen LogP contribution is -2.33. The summed E-state index contributed by atoms with van der Waals surface area (Å²) in [4.78, 5) is 24.5. The number of rotatable bonds is 6. The lowest BCUT2D eigenvalue weighted by Gasteiger charge is -2.24. The van der Waals surface area contributed by atoms with E-state index in [4.69, 9.17) is 19.8 Å². The summed E-state index contributed by atoms with van der Waals surface area (Å²) >= 11 is 0. The normalized spacial score (nSPS) is 13.4. The highest BCUT2D eigenvalue weighted by atomic mass is 19.4. The number of benzene rings is 1. The van der Waals surface area contributed by atoms with E-state index in [-0.39, 0.29) is 6.61 Å². The summed E-state index contributed by atoms with van der Waals surface area (Å²) in [6, 6.07) is 8.73. The van der Waals surface area contributed by atoms with Crippen molar-refractivity contribution in [3.05, 3.63) is 53.6 Å². The number of aromatic nitrogens is 2. The van der Waals surface area contributed by atoms with Crippen LogP contribution in [-0.2, 0) is 36.0 Å². The summed E-state index contributed by atoms with van der Waals surface area (Å²) in [5.41, 5.74) is 2.98. The van der Waals surface area contributed by atoms with Gasteiger partial charge in [-0.25, -0.2) is 14.6 Å². The number of alkyl halides is 6. The van der Waals surface area contributed by atoms with E-state index in [0.717, 1.165) is 31.8 Å². The first-order valence-corrected chi connectivity index (χ1v) is 10.1. The molecule has 196 valence electrons. The van der Waals surface area contributed by atoms with Crippen molar-refractivity contribution in [2.75, 3.05) is 19.7 Å². The summed E-state index contributed by atoms with van der Waals surface area (Å²) in [6.07, 6.45) is -4.06. The Bertz CT molecular complexity index is 912. The Balaban J connectivity index is 0.000000362. The maximum Gasteiger partial charge on any atom is 0.490 e. The van der Waals surface area contributed by atoms with Crippen LogP contribution in [0.1, 0.15) is 17.0 Å². The number of hydrogen-bond donors (Lipinski definition) is 3. The first kappa shape index (κ1) is 29.9. The minimum absolute atomic E-state index is 0.199. The lowest BCUT2D eigenvalue weighted by atomic mass is 10.1. The van der Waals surface area contributed by atoms with E-state index in [1.807, 2.05) is 24.0 Å².